The molecule has 0 spiro atoms. The normalized spacial score (nSPS) is 11.6. The second kappa shape index (κ2) is 15.3. The van der Waals surface area contributed by atoms with Gasteiger partial charge >= 0.3 is 0 Å². The van der Waals surface area contributed by atoms with Crippen molar-refractivity contribution in [2.24, 2.45) is 0 Å². The Hall–Kier alpha value is -5.55. The fourth-order valence-electron chi connectivity index (χ4n) is 4.10. The van der Waals surface area contributed by atoms with Gasteiger partial charge in [-0.3, -0.25) is 19.2 Å². The van der Waals surface area contributed by atoms with Gasteiger partial charge in [0.25, 0.3) is 11.8 Å². The number of amides is 4. The van der Waals surface area contributed by atoms with E-state index in [1.54, 1.807) is 85.8 Å². The lowest BCUT2D eigenvalue weighted by atomic mass is 10.1. The van der Waals surface area contributed by atoms with E-state index in [2.05, 4.69) is 21.3 Å². The summed E-state index contributed by atoms with van der Waals surface area (Å²) in [5, 5.41) is 20.4. The van der Waals surface area contributed by atoms with Crippen LogP contribution in [0.15, 0.2) is 108 Å². The van der Waals surface area contributed by atoms with Gasteiger partial charge in [0.15, 0.2) is 0 Å². The van der Waals surface area contributed by atoms with Crippen molar-refractivity contribution < 1.29 is 29.0 Å². The predicted octanol–water partition coefficient (Wildman–Crippen LogP) is 5.89. The van der Waals surface area contributed by atoms with Gasteiger partial charge in [0.05, 0.1) is 12.4 Å². The van der Waals surface area contributed by atoms with Crippen molar-refractivity contribution in [3.8, 4) is 11.5 Å². The Balaban J connectivity index is 1.48. The molecule has 0 aliphatic carbocycles. The monoisotopic (exact) mass is 624 g/mol. The molecule has 230 valence electrons. The van der Waals surface area contributed by atoms with E-state index in [4.69, 9.17) is 4.74 Å². The first-order valence-electron chi connectivity index (χ1n) is 13.8. The minimum atomic E-state index is -0.593. The number of phenols is 1. The van der Waals surface area contributed by atoms with Crippen LogP contribution in [0.2, 0.25) is 0 Å². The first-order valence-corrected chi connectivity index (χ1v) is 14.7. The van der Waals surface area contributed by atoms with Gasteiger partial charge in [0.1, 0.15) is 17.2 Å². The van der Waals surface area contributed by atoms with Crippen molar-refractivity contribution in [1.82, 2.24) is 5.32 Å². The Morgan fingerprint density at radius 3 is 2.16 bits per heavy atom. The van der Waals surface area contributed by atoms with Crippen LogP contribution in [-0.4, -0.2) is 41.1 Å². The summed E-state index contributed by atoms with van der Waals surface area (Å²) in [5.41, 5.74) is 2.43. The molecular weight excluding hydrogens is 592 g/mol. The third-order valence-corrected chi connectivity index (χ3v) is 7.39. The molecular formula is C34H32N4O6S. The highest BCUT2D eigenvalue weighted by Gasteiger charge is 2.18. The van der Waals surface area contributed by atoms with Crippen LogP contribution >= 0.6 is 11.8 Å². The molecule has 0 aromatic heterocycles. The number of thioether (sulfide) groups is 1. The van der Waals surface area contributed by atoms with Crippen LogP contribution in [0, 0.1) is 0 Å². The zero-order valence-electron chi connectivity index (χ0n) is 24.8. The fourth-order valence-corrected chi connectivity index (χ4v) is 5.03. The topological polar surface area (TPSA) is 146 Å². The van der Waals surface area contributed by atoms with Crippen molar-refractivity contribution in [3.05, 3.63) is 114 Å². The van der Waals surface area contributed by atoms with Gasteiger partial charge in [-0.05, 0) is 79.7 Å². The molecule has 0 radical (unpaired) electrons. The first-order chi connectivity index (χ1) is 21.6. The van der Waals surface area contributed by atoms with Gasteiger partial charge < -0.3 is 31.1 Å². The molecule has 0 aliphatic rings. The zero-order valence-corrected chi connectivity index (χ0v) is 25.6. The summed E-state index contributed by atoms with van der Waals surface area (Å²) >= 11 is 1.30. The summed E-state index contributed by atoms with van der Waals surface area (Å²) in [4.78, 5) is 51.3. The van der Waals surface area contributed by atoms with Gasteiger partial charge in [-0.25, -0.2) is 0 Å². The predicted molar refractivity (Wildman–Crippen MR) is 176 cm³/mol. The molecule has 4 aromatic rings. The van der Waals surface area contributed by atoms with Crippen LogP contribution in [0.5, 0.6) is 11.5 Å². The molecule has 0 fully saturated rings. The number of hydrogen-bond acceptors (Lipinski definition) is 7. The number of anilines is 3. The van der Waals surface area contributed by atoms with Crippen molar-refractivity contribution in [1.29, 1.82) is 0 Å². The van der Waals surface area contributed by atoms with E-state index in [1.165, 1.54) is 44.0 Å². The molecule has 5 N–H and O–H groups in total. The summed E-state index contributed by atoms with van der Waals surface area (Å²) < 4.78 is 5.34. The number of carbonyl (C=O) groups excluding carboxylic acids is 4. The molecule has 1 atom stereocenters. The summed E-state index contributed by atoms with van der Waals surface area (Å²) in [5.74, 6) is -1.19. The molecule has 0 saturated carbocycles. The number of nitrogens with one attached hydrogen (secondary N) is 4. The van der Waals surface area contributed by atoms with E-state index in [9.17, 15) is 24.3 Å². The van der Waals surface area contributed by atoms with Gasteiger partial charge in [0, 0.05) is 46.1 Å². The average molecular weight is 625 g/mol. The molecule has 4 amide bonds. The smallest absolute Gasteiger partial charge is 0.272 e. The standard InChI is InChI=1S/C34H32N4O6S/c1-21(32(41)36-26-15-13-25(14-16-26)35-22(2)39)45-29-11-7-10-27(19-29)37-34(43)30(38-33(42)23-8-5-4-6-9-23)18-24-12-17-28(40)20-31(24)44-3/h4-21,40H,1-3H3,(H,35,39)(H,36,41)(H,37,43)(H,38,42)/b30-18+. The van der Waals surface area contributed by atoms with Crippen LogP contribution in [0.3, 0.4) is 0 Å². The lowest BCUT2D eigenvalue weighted by Gasteiger charge is -2.15. The zero-order chi connectivity index (χ0) is 32.3. The van der Waals surface area contributed by atoms with E-state index in [-0.39, 0.29) is 23.3 Å². The fraction of sp³-hybridized carbons (Fsp3) is 0.118. The number of methoxy groups -OCH3 is 1. The third-order valence-electron chi connectivity index (χ3n) is 6.29. The largest absolute Gasteiger partial charge is 0.508 e. The maximum Gasteiger partial charge on any atom is 0.272 e. The van der Waals surface area contributed by atoms with Gasteiger partial charge in [-0.2, -0.15) is 0 Å². The van der Waals surface area contributed by atoms with Gasteiger partial charge in [0.2, 0.25) is 11.8 Å². The molecule has 0 saturated heterocycles. The maximum absolute atomic E-state index is 13.5. The van der Waals surface area contributed by atoms with Gasteiger partial charge in [-0.1, -0.05) is 24.3 Å². The van der Waals surface area contributed by atoms with Crippen LogP contribution in [0.4, 0.5) is 17.1 Å². The highest BCUT2D eigenvalue weighted by atomic mass is 32.2. The lowest BCUT2D eigenvalue weighted by Crippen LogP contribution is -2.30. The average Bonchev–Trinajstić information content (AvgIpc) is 3.02. The SMILES string of the molecule is COc1cc(O)ccc1/C=C(/NC(=O)c1ccccc1)C(=O)Nc1cccc(SC(C)C(=O)Nc2ccc(NC(C)=O)cc2)c1. The van der Waals surface area contributed by atoms with Crippen LogP contribution in [-0.2, 0) is 14.4 Å². The minimum Gasteiger partial charge on any atom is -0.508 e. The third kappa shape index (κ3) is 9.47. The number of benzene rings is 4. The molecule has 0 aliphatic heterocycles. The number of aromatic hydroxyl groups is 1. The number of phenolic OH excluding ortho intramolecular Hbond substituents is 1. The number of rotatable bonds is 11. The number of ether oxygens (including phenoxy) is 1. The van der Waals surface area contributed by atoms with Crippen LogP contribution < -0.4 is 26.0 Å². The molecule has 10 nitrogen and oxygen atoms in total. The molecule has 1 unspecified atom stereocenters. The Kier molecular flexibility index (Phi) is 11.0. The van der Waals surface area contributed by atoms with E-state index >= 15 is 0 Å². The van der Waals surface area contributed by atoms with Crippen molar-refractivity contribution >= 4 is 58.5 Å². The first kappa shape index (κ1) is 32.4. The Bertz CT molecular complexity index is 1720. The van der Waals surface area contributed by atoms with Crippen LogP contribution in [0.1, 0.15) is 29.8 Å². The Morgan fingerprint density at radius 2 is 1.49 bits per heavy atom. The molecule has 4 aromatic carbocycles. The van der Waals surface area contributed by atoms with E-state index in [1.807, 2.05) is 6.07 Å². The quantitative estimate of drug-likeness (QED) is 0.103. The van der Waals surface area contributed by atoms with E-state index in [0.29, 0.717) is 33.9 Å². The van der Waals surface area contributed by atoms with E-state index < -0.39 is 17.1 Å². The van der Waals surface area contributed by atoms with Crippen molar-refractivity contribution in [2.45, 2.75) is 24.0 Å². The second-order valence-electron chi connectivity index (χ2n) is 9.79. The second-order valence-corrected chi connectivity index (χ2v) is 11.2. The maximum atomic E-state index is 13.5. The molecule has 11 heteroatoms. The van der Waals surface area contributed by atoms with Crippen molar-refractivity contribution in [3.63, 3.8) is 0 Å². The molecule has 45 heavy (non-hydrogen) atoms. The molecule has 0 bridgehead atoms. The minimum absolute atomic E-state index is 0.0135. The summed E-state index contributed by atoms with van der Waals surface area (Å²) in [6.07, 6.45) is 1.46. The number of hydrogen-bond donors (Lipinski definition) is 5. The summed E-state index contributed by atoms with van der Waals surface area (Å²) in [6.45, 7) is 3.19. The Morgan fingerprint density at radius 1 is 0.800 bits per heavy atom. The van der Waals surface area contributed by atoms with E-state index in [0.717, 1.165) is 4.90 Å². The van der Waals surface area contributed by atoms with Crippen molar-refractivity contribution in [2.75, 3.05) is 23.1 Å². The van der Waals surface area contributed by atoms with Gasteiger partial charge in [-0.15, -0.1) is 11.8 Å². The number of carbonyl (C=O) groups is 4. The molecule has 0 heterocycles. The Labute approximate surface area is 264 Å². The lowest BCUT2D eigenvalue weighted by molar-refractivity contribution is -0.115. The summed E-state index contributed by atoms with van der Waals surface area (Å²) in [6, 6.07) is 26.7. The molecule has 4 rings (SSSR count). The van der Waals surface area contributed by atoms with Crippen LogP contribution in [0.25, 0.3) is 6.08 Å². The highest BCUT2D eigenvalue weighted by Crippen LogP contribution is 2.28. The summed E-state index contributed by atoms with van der Waals surface area (Å²) in [7, 11) is 1.43. The highest BCUT2D eigenvalue weighted by molar-refractivity contribution is 8.00.